The van der Waals surface area contributed by atoms with Crippen LogP contribution in [-0.4, -0.2) is 33.8 Å². The lowest BCUT2D eigenvalue weighted by atomic mass is 10.3. The Labute approximate surface area is 91.9 Å². The van der Waals surface area contributed by atoms with Crippen molar-refractivity contribution >= 4 is 5.97 Å². The standard InChI is InChI=1S/C8H15NO7/c1-2-4-7(10)16-8(11,12)5-3-6-15-9(13)14/h11-12H,2-6H2,1H3. The molecule has 0 fully saturated rings. The summed E-state index contributed by atoms with van der Waals surface area (Å²) in [6, 6.07) is 0. The number of hydrogen-bond donors (Lipinski definition) is 2. The van der Waals surface area contributed by atoms with E-state index in [9.17, 15) is 14.9 Å². The largest absolute Gasteiger partial charge is 0.408 e. The van der Waals surface area contributed by atoms with Gasteiger partial charge in [0.25, 0.3) is 5.09 Å². The van der Waals surface area contributed by atoms with Crippen LogP contribution >= 0.6 is 0 Å². The van der Waals surface area contributed by atoms with E-state index in [1.165, 1.54) is 0 Å². The first-order valence-corrected chi connectivity index (χ1v) is 4.81. The highest BCUT2D eigenvalue weighted by atomic mass is 16.9. The topological polar surface area (TPSA) is 119 Å². The van der Waals surface area contributed by atoms with Gasteiger partial charge in [0.15, 0.2) is 0 Å². The number of hydrogen-bond acceptors (Lipinski definition) is 7. The quantitative estimate of drug-likeness (QED) is 0.200. The molecule has 0 aromatic carbocycles. The molecule has 0 saturated carbocycles. The van der Waals surface area contributed by atoms with Crippen molar-refractivity contribution in [3.63, 3.8) is 0 Å². The van der Waals surface area contributed by atoms with E-state index >= 15 is 0 Å². The Morgan fingerprint density at radius 1 is 1.50 bits per heavy atom. The Morgan fingerprint density at radius 3 is 2.62 bits per heavy atom. The number of nitrogens with zero attached hydrogens (tertiary/aromatic N) is 1. The van der Waals surface area contributed by atoms with Gasteiger partial charge in [0, 0.05) is 12.8 Å². The molecular formula is C8H15NO7. The van der Waals surface area contributed by atoms with Crippen LogP contribution in [0.2, 0.25) is 0 Å². The Hall–Kier alpha value is -1.41. The molecule has 8 heteroatoms. The van der Waals surface area contributed by atoms with Crippen LogP contribution in [0.5, 0.6) is 0 Å². The second-order valence-corrected chi connectivity index (χ2v) is 3.13. The second-order valence-electron chi connectivity index (χ2n) is 3.13. The normalized spacial score (nSPS) is 10.9. The number of esters is 1. The molecule has 0 aromatic heterocycles. The minimum atomic E-state index is -2.59. The first-order chi connectivity index (χ1) is 7.37. The summed E-state index contributed by atoms with van der Waals surface area (Å²) < 4.78 is 4.33. The molecule has 0 aliphatic rings. The fraction of sp³-hybridized carbons (Fsp3) is 0.875. The lowest BCUT2D eigenvalue weighted by Gasteiger charge is -2.20. The minimum absolute atomic E-state index is 0.0205. The number of carbonyl (C=O) groups is 1. The van der Waals surface area contributed by atoms with Crippen molar-refractivity contribution in [1.29, 1.82) is 0 Å². The summed E-state index contributed by atoms with van der Waals surface area (Å²) in [5.41, 5.74) is 0. The maximum absolute atomic E-state index is 10.9. The summed E-state index contributed by atoms with van der Waals surface area (Å²) in [5, 5.41) is 27.1. The molecule has 0 heterocycles. The zero-order valence-electron chi connectivity index (χ0n) is 8.92. The zero-order valence-corrected chi connectivity index (χ0v) is 8.92. The predicted octanol–water partition coefficient (Wildman–Crippen LogP) is -0.0434. The van der Waals surface area contributed by atoms with Crippen molar-refractivity contribution in [1.82, 2.24) is 0 Å². The molecule has 0 unspecified atom stereocenters. The lowest BCUT2D eigenvalue weighted by Crippen LogP contribution is -2.34. The molecule has 0 aliphatic carbocycles. The Kier molecular flexibility index (Phi) is 6.35. The minimum Gasteiger partial charge on any atom is -0.408 e. The monoisotopic (exact) mass is 237 g/mol. The van der Waals surface area contributed by atoms with Crippen LogP contribution in [0, 0.1) is 10.1 Å². The van der Waals surface area contributed by atoms with Crippen molar-refractivity contribution < 1.29 is 29.7 Å². The van der Waals surface area contributed by atoms with Crippen molar-refractivity contribution in [2.24, 2.45) is 0 Å². The van der Waals surface area contributed by atoms with Gasteiger partial charge in [-0.25, -0.2) is 0 Å². The number of aliphatic hydroxyl groups is 2. The van der Waals surface area contributed by atoms with Gasteiger partial charge in [-0.3, -0.25) is 4.79 Å². The molecule has 0 amide bonds. The van der Waals surface area contributed by atoms with E-state index in [-0.39, 0.29) is 25.9 Å². The van der Waals surface area contributed by atoms with Gasteiger partial charge in [-0.15, -0.1) is 10.1 Å². The highest BCUT2D eigenvalue weighted by Gasteiger charge is 2.27. The SMILES string of the molecule is CCCC(=O)OC(O)(O)CCCO[N+](=O)[O-]. The van der Waals surface area contributed by atoms with E-state index in [0.717, 1.165) is 0 Å². The summed E-state index contributed by atoms with van der Waals surface area (Å²) in [7, 11) is 0. The Bertz CT molecular complexity index is 241. The van der Waals surface area contributed by atoms with Crippen LogP contribution in [0.25, 0.3) is 0 Å². The van der Waals surface area contributed by atoms with E-state index in [1.54, 1.807) is 6.92 Å². The van der Waals surface area contributed by atoms with Crippen LogP contribution in [0.4, 0.5) is 0 Å². The summed E-state index contributed by atoms with van der Waals surface area (Å²) >= 11 is 0. The van der Waals surface area contributed by atoms with E-state index in [2.05, 4.69) is 9.57 Å². The van der Waals surface area contributed by atoms with Crippen molar-refractivity contribution in [2.45, 2.75) is 38.6 Å². The molecule has 0 radical (unpaired) electrons. The molecule has 0 saturated heterocycles. The smallest absolute Gasteiger partial charge is 0.324 e. The summed E-state index contributed by atoms with van der Waals surface area (Å²) in [5.74, 6) is -3.32. The van der Waals surface area contributed by atoms with Crippen molar-refractivity contribution in [3.8, 4) is 0 Å². The number of rotatable bonds is 8. The fourth-order valence-corrected chi connectivity index (χ4v) is 0.930. The van der Waals surface area contributed by atoms with Crippen molar-refractivity contribution in [2.75, 3.05) is 6.61 Å². The third kappa shape index (κ3) is 7.94. The average molecular weight is 237 g/mol. The molecule has 16 heavy (non-hydrogen) atoms. The van der Waals surface area contributed by atoms with Crippen LogP contribution in [-0.2, 0) is 14.4 Å². The molecule has 94 valence electrons. The number of carbonyl (C=O) groups excluding carboxylic acids is 1. The highest BCUT2D eigenvalue weighted by Crippen LogP contribution is 2.12. The molecular weight excluding hydrogens is 222 g/mol. The van der Waals surface area contributed by atoms with E-state index < -0.39 is 17.0 Å². The predicted molar refractivity (Wildman–Crippen MR) is 50.3 cm³/mol. The van der Waals surface area contributed by atoms with Gasteiger partial charge in [0.2, 0.25) is 0 Å². The Balaban J connectivity index is 3.77. The van der Waals surface area contributed by atoms with Crippen molar-refractivity contribution in [3.05, 3.63) is 10.1 Å². The van der Waals surface area contributed by atoms with Gasteiger partial charge < -0.3 is 19.8 Å². The van der Waals surface area contributed by atoms with Crippen LogP contribution in [0.3, 0.4) is 0 Å². The maximum Gasteiger partial charge on any atom is 0.324 e. The van der Waals surface area contributed by atoms with E-state index in [0.29, 0.717) is 6.42 Å². The fourth-order valence-electron chi connectivity index (χ4n) is 0.930. The summed E-state index contributed by atoms with van der Waals surface area (Å²) in [4.78, 5) is 24.6. The van der Waals surface area contributed by atoms with Gasteiger partial charge in [0.05, 0.1) is 6.61 Å². The first kappa shape index (κ1) is 14.6. The molecule has 0 spiro atoms. The average Bonchev–Trinajstić information content (AvgIpc) is 2.11. The molecule has 8 nitrogen and oxygen atoms in total. The first-order valence-electron chi connectivity index (χ1n) is 4.81. The molecule has 0 bridgehead atoms. The third-order valence-electron chi connectivity index (χ3n) is 1.57. The van der Waals surface area contributed by atoms with Crippen LogP contribution in [0.1, 0.15) is 32.6 Å². The van der Waals surface area contributed by atoms with E-state index in [1.807, 2.05) is 0 Å². The van der Waals surface area contributed by atoms with Gasteiger partial charge >= 0.3 is 11.9 Å². The summed E-state index contributed by atoms with van der Waals surface area (Å²) in [6.45, 7) is 1.45. The van der Waals surface area contributed by atoms with Gasteiger partial charge in [-0.2, -0.15) is 0 Å². The van der Waals surface area contributed by atoms with Crippen LogP contribution in [0.15, 0.2) is 0 Å². The molecule has 0 aromatic rings. The zero-order chi connectivity index (χ0) is 12.6. The summed E-state index contributed by atoms with van der Waals surface area (Å²) in [6.07, 6.45) is 0.233. The van der Waals surface area contributed by atoms with Gasteiger partial charge in [-0.05, 0) is 12.8 Å². The molecule has 2 N–H and O–H groups in total. The van der Waals surface area contributed by atoms with E-state index in [4.69, 9.17) is 10.2 Å². The molecule has 0 atom stereocenters. The number of ether oxygens (including phenoxy) is 1. The second kappa shape index (κ2) is 6.96. The molecule has 0 rings (SSSR count). The van der Waals surface area contributed by atoms with Crippen LogP contribution < -0.4 is 0 Å². The maximum atomic E-state index is 10.9. The van der Waals surface area contributed by atoms with Gasteiger partial charge in [0.1, 0.15) is 0 Å². The van der Waals surface area contributed by atoms with Gasteiger partial charge in [-0.1, -0.05) is 6.92 Å². The lowest BCUT2D eigenvalue weighted by molar-refractivity contribution is -0.758. The third-order valence-corrected chi connectivity index (χ3v) is 1.57. The highest BCUT2D eigenvalue weighted by molar-refractivity contribution is 5.69. The Morgan fingerprint density at radius 2 is 2.12 bits per heavy atom. The molecule has 0 aliphatic heterocycles.